The lowest BCUT2D eigenvalue weighted by Crippen LogP contribution is -2.62. The van der Waals surface area contributed by atoms with Gasteiger partial charge in [-0.15, -0.1) is 0 Å². The van der Waals surface area contributed by atoms with Gasteiger partial charge in [0.15, 0.2) is 6.61 Å². The van der Waals surface area contributed by atoms with E-state index in [4.69, 9.17) is 11.6 Å². The zero-order valence-corrected chi connectivity index (χ0v) is 11.5. The number of carbonyl (C=O) groups excluding carboxylic acids is 3. The van der Waals surface area contributed by atoms with Gasteiger partial charge in [-0.2, -0.15) is 0 Å². The Morgan fingerprint density at radius 1 is 1.33 bits per heavy atom. The maximum Gasteiger partial charge on any atom is 0.417 e. The van der Waals surface area contributed by atoms with Crippen LogP contribution in [0.25, 0.3) is 0 Å². The smallest absolute Gasteiger partial charge is 0.417 e. The summed E-state index contributed by atoms with van der Waals surface area (Å²) >= 11 is 5.83. The van der Waals surface area contributed by atoms with Crippen LogP contribution >= 0.6 is 11.6 Å². The van der Waals surface area contributed by atoms with E-state index in [0.29, 0.717) is 0 Å². The van der Waals surface area contributed by atoms with Gasteiger partial charge in [0.05, 0.1) is 16.6 Å². The largest absolute Gasteiger partial charge is 0.439 e. The second-order valence-corrected chi connectivity index (χ2v) is 5.21. The monoisotopic (exact) mass is 312 g/mol. The van der Waals surface area contributed by atoms with Crippen LogP contribution in [-0.2, 0) is 9.53 Å². The first kappa shape index (κ1) is 13.8. The minimum Gasteiger partial charge on any atom is -0.439 e. The van der Waals surface area contributed by atoms with Gasteiger partial charge in [-0.1, -0.05) is 11.6 Å². The Hall–Kier alpha value is -2.15. The summed E-state index contributed by atoms with van der Waals surface area (Å²) in [7, 11) is 0. The molecule has 21 heavy (non-hydrogen) atoms. The Kier molecular flexibility index (Phi) is 3.29. The Morgan fingerprint density at radius 2 is 2.05 bits per heavy atom. The highest BCUT2D eigenvalue weighted by Gasteiger charge is 2.44. The summed E-state index contributed by atoms with van der Waals surface area (Å²) in [4.78, 5) is 37.5. The van der Waals surface area contributed by atoms with E-state index in [1.165, 1.54) is 11.0 Å². The van der Waals surface area contributed by atoms with Gasteiger partial charge >= 0.3 is 6.09 Å². The van der Waals surface area contributed by atoms with E-state index in [-0.39, 0.29) is 42.2 Å². The van der Waals surface area contributed by atoms with Crippen molar-refractivity contribution in [3.63, 3.8) is 0 Å². The average molecular weight is 313 g/mol. The van der Waals surface area contributed by atoms with Gasteiger partial charge in [0.25, 0.3) is 11.8 Å². The molecule has 0 N–H and O–H groups in total. The summed E-state index contributed by atoms with van der Waals surface area (Å²) in [6, 6.07) is 3.14. The molecule has 0 aromatic heterocycles. The van der Waals surface area contributed by atoms with Gasteiger partial charge in [0.1, 0.15) is 5.82 Å². The summed E-state index contributed by atoms with van der Waals surface area (Å²) < 4.78 is 17.6. The number of rotatable bonds is 2. The van der Waals surface area contributed by atoms with Crippen molar-refractivity contribution in [3.8, 4) is 0 Å². The van der Waals surface area contributed by atoms with Crippen LogP contribution < -0.4 is 0 Å². The molecule has 1 aromatic rings. The highest BCUT2D eigenvalue weighted by atomic mass is 35.5. The van der Waals surface area contributed by atoms with E-state index in [0.717, 1.165) is 17.0 Å². The molecule has 0 atom stereocenters. The van der Waals surface area contributed by atoms with E-state index in [1.54, 1.807) is 0 Å². The molecule has 0 unspecified atom stereocenters. The van der Waals surface area contributed by atoms with Crippen molar-refractivity contribution in [3.05, 3.63) is 34.6 Å². The molecule has 2 saturated heterocycles. The zero-order chi connectivity index (χ0) is 15.1. The third kappa shape index (κ3) is 2.33. The third-order valence-electron chi connectivity index (χ3n) is 3.46. The molecule has 2 heterocycles. The number of amides is 3. The second-order valence-electron chi connectivity index (χ2n) is 4.81. The number of carbonyl (C=O) groups is 3. The fraction of sp³-hybridized carbons (Fsp3) is 0.308. The SMILES string of the molecule is O=C(c1ccc(F)cc1Cl)N1CC(N2C(=O)COC2=O)C1. The lowest BCUT2D eigenvalue weighted by atomic mass is 10.0. The molecule has 0 radical (unpaired) electrons. The molecule has 0 bridgehead atoms. The van der Waals surface area contributed by atoms with Crippen molar-refractivity contribution in [1.82, 2.24) is 9.80 Å². The van der Waals surface area contributed by atoms with E-state index >= 15 is 0 Å². The van der Waals surface area contributed by atoms with E-state index in [9.17, 15) is 18.8 Å². The van der Waals surface area contributed by atoms with E-state index in [2.05, 4.69) is 4.74 Å². The molecule has 2 fully saturated rings. The van der Waals surface area contributed by atoms with Gasteiger partial charge in [-0.05, 0) is 18.2 Å². The first-order valence-corrected chi connectivity index (χ1v) is 6.58. The summed E-state index contributed by atoms with van der Waals surface area (Å²) in [5, 5.41) is 0.0279. The highest BCUT2D eigenvalue weighted by molar-refractivity contribution is 6.33. The van der Waals surface area contributed by atoms with Crippen molar-refractivity contribution < 1.29 is 23.5 Å². The lowest BCUT2D eigenvalue weighted by molar-refractivity contribution is -0.129. The summed E-state index contributed by atoms with van der Waals surface area (Å²) in [5.41, 5.74) is 0.187. The quantitative estimate of drug-likeness (QED) is 0.825. The number of imide groups is 1. The molecule has 2 aliphatic rings. The van der Waals surface area contributed by atoms with E-state index in [1.807, 2.05) is 0 Å². The number of hydrogen-bond donors (Lipinski definition) is 0. The van der Waals surface area contributed by atoms with Crippen LogP contribution in [0.15, 0.2) is 18.2 Å². The van der Waals surface area contributed by atoms with Gasteiger partial charge in [-0.3, -0.25) is 9.59 Å². The maximum atomic E-state index is 13.0. The number of nitrogens with zero attached hydrogens (tertiary/aromatic N) is 2. The molecule has 8 heteroatoms. The lowest BCUT2D eigenvalue weighted by Gasteiger charge is -2.42. The molecule has 0 saturated carbocycles. The first-order valence-electron chi connectivity index (χ1n) is 6.20. The fourth-order valence-electron chi connectivity index (χ4n) is 2.33. The first-order chi connectivity index (χ1) is 9.97. The second kappa shape index (κ2) is 5.00. The predicted octanol–water partition coefficient (Wildman–Crippen LogP) is 1.28. The molecule has 1 aromatic carbocycles. The average Bonchev–Trinajstić information content (AvgIpc) is 2.69. The molecule has 0 aliphatic carbocycles. The Morgan fingerprint density at radius 3 is 2.62 bits per heavy atom. The van der Waals surface area contributed by atoms with Crippen LogP contribution in [0.2, 0.25) is 5.02 Å². The number of benzene rings is 1. The molecule has 110 valence electrons. The van der Waals surface area contributed by atoms with Crippen molar-refractivity contribution in [2.24, 2.45) is 0 Å². The van der Waals surface area contributed by atoms with Gasteiger partial charge < -0.3 is 9.64 Å². The molecule has 3 rings (SSSR count). The van der Waals surface area contributed by atoms with Crippen LogP contribution in [0, 0.1) is 5.82 Å². The van der Waals surface area contributed by atoms with Crippen molar-refractivity contribution >= 4 is 29.5 Å². The molecular formula is C13H10ClFN2O4. The predicted molar refractivity (Wildman–Crippen MR) is 69.3 cm³/mol. The van der Waals surface area contributed by atoms with Gasteiger partial charge in [0, 0.05) is 13.1 Å². The Bertz CT molecular complexity index is 629. The van der Waals surface area contributed by atoms with Crippen LogP contribution in [0.3, 0.4) is 0 Å². The summed E-state index contributed by atoms with van der Waals surface area (Å²) in [6.45, 7) is 0.174. The van der Waals surface area contributed by atoms with Crippen LogP contribution in [0.4, 0.5) is 9.18 Å². The molecule has 6 nitrogen and oxygen atoms in total. The minimum absolute atomic E-state index is 0.0279. The van der Waals surface area contributed by atoms with Gasteiger partial charge in [-0.25, -0.2) is 14.1 Å². The minimum atomic E-state index is -0.683. The number of cyclic esters (lactones) is 1. The molecule has 2 aliphatic heterocycles. The summed E-state index contributed by atoms with van der Waals surface area (Å²) in [6.07, 6.45) is -0.683. The number of halogens is 2. The number of ether oxygens (including phenoxy) is 1. The van der Waals surface area contributed by atoms with E-state index < -0.39 is 17.8 Å². The normalized spacial score (nSPS) is 18.8. The molecule has 0 spiro atoms. The molecular weight excluding hydrogens is 303 g/mol. The van der Waals surface area contributed by atoms with Crippen LogP contribution in [-0.4, -0.2) is 53.4 Å². The highest BCUT2D eigenvalue weighted by Crippen LogP contribution is 2.25. The zero-order valence-electron chi connectivity index (χ0n) is 10.7. The Labute approximate surface area is 124 Å². The topological polar surface area (TPSA) is 66.9 Å². The standard InChI is InChI=1S/C13H10ClFN2O4/c14-10-3-7(15)1-2-9(10)12(19)16-4-8(5-16)17-11(18)6-21-13(17)20/h1-3,8H,4-6H2. The third-order valence-corrected chi connectivity index (χ3v) is 3.77. The van der Waals surface area contributed by atoms with Crippen LogP contribution in [0.1, 0.15) is 10.4 Å². The molecule has 3 amide bonds. The van der Waals surface area contributed by atoms with Crippen molar-refractivity contribution in [1.29, 1.82) is 0 Å². The maximum absolute atomic E-state index is 13.0. The number of hydrogen-bond acceptors (Lipinski definition) is 4. The van der Waals surface area contributed by atoms with Gasteiger partial charge in [0.2, 0.25) is 0 Å². The fourth-order valence-corrected chi connectivity index (χ4v) is 2.58. The van der Waals surface area contributed by atoms with Crippen molar-refractivity contribution in [2.45, 2.75) is 6.04 Å². The van der Waals surface area contributed by atoms with Crippen LogP contribution in [0.5, 0.6) is 0 Å². The van der Waals surface area contributed by atoms with Crippen molar-refractivity contribution in [2.75, 3.05) is 19.7 Å². The number of likely N-dealkylation sites (tertiary alicyclic amines) is 1. The Balaban J connectivity index is 1.67. The summed E-state index contributed by atoms with van der Waals surface area (Å²) in [5.74, 6) is -1.29.